The van der Waals surface area contributed by atoms with E-state index in [0.717, 1.165) is 44.1 Å². The summed E-state index contributed by atoms with van der Waals surface area (Å²) in [5.41, 5.74) is -0.550. The van der Waals surface area contributed by atoms with Gasteiger partial charge in [-0.3, -0.25) is 4.79 Å². The van der Waals surface area contributed by atoms with Gasteiger partial charge in [0.15, 0.2) is 5.78 Å². The quantitative estimate of drug-likeness (QED) is 0.497. The molecule has 8 atom stereocenters. The molecule has 0 unspecified atom stereocenters. The summed E-state index contributed by atoms with van der Waals surface area (Å²) in [4.78, 5) is 13.3. The van der Waals surface area contributed by atoms with E-state index in [1.54, 1.807) is 0 Å². The highest BCUT2D eigenvalue weighted by Gasteiger charge is 2.57. The minimum atomic E-state index is -0.818. The number of rotatable bonds is 3. The lowest BCUT2D eigenvalue weighted by Gasteiger charge is -2.54. The first-order valence-corrected chi connectivity index (χ1v) is 14.0. The maximum absolute atomic E-state index is 13.3. The molecule has 0 aromatic rings. The first kappa shape index (κ1) is 27.3. The van der Waals surface area contributed by atoms with Crippen molar-refractivity contribution in [2.75, 3.05) is 0 Å². The topological polar surface area (TPSA) is 87.0 Å². The summed E-state index contributed by atoms with van der Waals surface area (Å²) in [5, 5.41) is 33.5. The third-order valence-corrected chi connectivity index (χ3v) is 11.3. The molecule has 0 spiro atoms. The molecule has 0 aromatic carbocycles. The fraction of sp³-hybridized carbons (Fsp3) is 0.900. The Hall–Kier alpha value is -0.750. The fourth-order valence-electron chi connectivity index (χ4n) is 8.79. The van der Waals surface area contributed by atoms with E-state index in [1.807, 2.05) is 34.6 Å². The van der Waals surface area contributed by atoms with E-state index in [4.69, 9.17) is 4.74 Å². The molecular formula is C30H50O5. The maximum atomic E-state index is 13.3. The van der Waals surface area contributed by atoms with Crippen LogP contribution in [0.3, 0.4) is 0 Å². The van der Waals surface area contributed by atoms with Gasteiger partial charge in [0.25, 0.3) is 0 Å². The second kappa shape index (κ2) is 8.64. The molecule has 4 rings (SSSR count). The molecule has 35 heavy (non-hydrogen) atoms. The Morgan fingerprint density at radius 1 is 0.886 bits per heavy atom. The number of fused-ring (bicyclic) bond motifs is 2. The summed E-state index contributed by atoms with van der Waals surface area (Å²) < 4.78 is 6.56. The second-order valence-corrected chi connectivity index (χ2v) is 14.3. The van der Waals surface area contributed by atoms with E-state index < -0.39 is 22.9 Å². The Morgan fingerprint density at radius 3 is 2.17 bits per heavy atom. The molecular weight excluding hydrogens is 440 g/mol. The lowest BCUT2D eigenvalue weighted by atomic mass is 9.55. The Bertz CT molecular complexity index is 881. The minimum absolute atomic E-state index is 0.00360. The monoisotopic (exact) mass is 490 g/mol. The molecule has 3 fully saturated rings. The minimum Gasteiger partial charge on any atom is -0.390 e. The van der Waals surface area contributed by atoms with Crippen molar-refractivity contribution in [2.24, 2.45) is 28.6 Å². The molecule has 2 saturated carbocycles. The van der Waals surface area contributed by atoms with Crippen LogP contribution in [-0.4, -0.2) is 50.1 Å². The number of Topliss-reactive ketones (excluding diaryl/α,β-unsaturated/α-hetero) is 1. The predicted octanol–water partition coefficient (Wildman–Crippen LogP) is 5.35. The zero-order chi connectivity index (χ0) is 26.2. The van der Waals surface area contributed by atoms with Crippen molar-refractivity contribution in [2.45, 2.75) is 142 Å². The van der Waals surface area contributed by atoms with Gasteiger partial charge >= 0.3 is 0 Å². The van der Waals surface area contributed by atoms with Gasteiger partial charge < -0.3 is 20.1 Å². The maximum Gasteiger partial charge on any atom is 0.158 e. The van der Waals surface area contributed by atoms with Crippen LogP contribution in [0.25, 0.3) is 0 Å². The number of carbonyl (C=O) groups is 1. The van der Waals surface area contributed by atoms with E-state index in [9.17, 15) is 20.1 Å². The third-order valence-electron chi connectivity index (χ3n) is 11.3. The lowest BCUT2D eigenvalue weighted by Crippen LogP contribution is -2.56. The number of aliphatic hydroxyl groups excluding tert-OH is 1. The van der Waals surface area contributed by atoms with Crippen molar-refractivity contribution in [3.63, 3.8) is 0 Å². The van der Waals surface area contributed by atoms with Crippen LogP contribution in [0.15, 0.2) is 11.1 Å². The van der Waals surface area contributed by atoms with Gasteiger partial charge in [-0.25, -0.2) is 0 Å². The van der Waals surface area contributed by atoms with Crippen LogP contribution < -0.4 is 0 Å². The lowest BCUT2D eigenvalue weighted by molar-refractivity contribution is -0.205. The van der Waals surface area contributed by atoms with Gasteiger partial charge in [0.2, 0.25) is 0 Å². The average molecular weight is 491 g/mol. The Labute approximate surface area is 212 Å². The van der Waals surface area contributed by atoms with Gasteiger partial charge in [0.05, 0.1) is 29.0 Å². The molecule has 0 amide bonds. The first-order chi connectivity index (χ1) is 15.9. The SMILES string of the molecule is CC1=C(CC[C@@H]2[C@@]3(C)CC[C@@H](O)C(C)(C)O[C@@H]3CC[C@@]2(C)O)C(C)(C)[C@@H]2CC[C@@](C)(O)[C@@H]2CC1=O. The van der Waals surface area contributed by atoms with E-state index in [0.29, 0.717) is 19.3 Å². The predicted molar refractivity (Wildman–Crippen MR) is 138 cm³/mol. The Kier molecular flexibility index (Phi) is 6.74. The van der Waals surface area contributed by atoms with Gasteiger partial charge in [0, 0.05) is 6.42 Å². The number of ketones is 1. The molecule has 5 nitrogen and oxygen atoms in total. The van der Waals surface area contributed by atoms with Crippen molar-refractivity contribution in [1.29, 1.82) is 0 Å². The third kappa shape index (κ3) is 4.47. The number of allylic oxidation sites excluding steroid dienone is 2. The standard InChI is InChI=1S/C30H50O5/c1-18-19(26(2,3)20-11-15-29(7,33)21(20)17-22(18)31)9-10-23-28(6)14-12-24(32)27(4,5)35-25(28)13-16-30(23,8)34/h20-21,23-25,32-34H,9-17H2,1-8H3/t20-,21-,23-,24-,25-,28-,29-,30-/m1/s1. The molecule has 1 saturated heterocycles. The molecule has 0 bridgehead atoms. The summed E-state index contributed by atoms with van der Waals surface area (Å²) in [6.45, 7) is 16.6. The molecule has 1 heterocycles. The molecule has 200 valence electrons. The summed E-state index contributed by atoms with van der Waals surface area (Å²) in [5.74, 6) is 0.453. The van der Waals surface area contributed by atoms with E-state index in [1.165, 1.54) is 5.57 Å². The van der Waals surface area contributed by atoms with Crippen LogP contribution in [0.2, 0.25) is 0 Å². The highest BCUT2D eigenvalue weighted by Crippen LogP contribution is 2.59. The summed E-state index contributed by atoms with van der Waals surface area (Å²) in [7, 11) is 0. The van der Waals surface area contributed by atoms with Gasteiger partial charge in [-0.1, -0.05) is 26.3 Å². The van der Waals surface area contributed by atoms with Gasteiger partial charge in [-0.2, -0.15) is 0 Å². The highest BCUT2D eigenvalue weighted by atomic mass is 16.5. The molecule has 0 aromatic heterocycles. The second-order valence-electron chi connectivity index (χ2n) is 14.3. The largest absolute Gasteiger partial charge is 0.390 e. The van der Waals surface area contributed by atoms with Crippen molar-refractivity contribution in [3.05, 3.63) is 11.1 Å². The fourth-order valence-corrected chi connectivity index (χ4v) is 8.79. The van der Waals surface area contributed by atoms with Crippen LogP contribution in [-0.2, 0) is 9.53 Å². The molecule has 3 N–H and O–H groups in total. The molecule has 0 radical (unpaired) electrons. The summed E-state index contributed by atoms with van der Waals surface area (Å²) in [6, 6.07) is 0. The average Bonchev–Trinajstić information content (AvgIpc) is 2.96. The van der Waals surface area contributed by atoms with Crippen molar-refractivity contribution < 1.29 is 24.9 Å². The molecule has 1 aliphatic heterocycles. The molecule has 4 aliphatic rings. The van der Waals surface area contributed by atoms with E-state index in [2.05, 4.69) is 20.8 Å². The number of hydrogen-bond donors (Lipinski definition) is 3. The van der Waals surface area contributed by atoms with E-state index >= 15 is 0 Å². The number of ether oxygens (including phenoxy) is 1. The van der Waals surface area contributed by atoms with Crippen LogP contribution in [0.5, 0.6) is 0 Å². The van der Waals surface area contributed by atoms with Crippen molar-refractivity contribution in [1.82, 2.24) is 0 Å². The number of hydrogen-bond acceptors (Lipinski definition) is 5. The van der Waals surface area contributed by atoms with Crippen LogP contribution in [0, 0.1) is 28.6 Å². The van der Waals surface area contributed by atoms with E-state index in [-0.39, 0.29) is 40.5 Å². The molecule has 5 heteroatoms. The smallest absolute Gasteiger partial charge is 0.158 e. The van der Waals surface area contributed by atoms with Gasteiger partial charge in [-0.05, 0) is 120 Å². The molecule has 3 aliphatic carbocycles. The summed E-state index contributed by atoms with van der Waals surface area (Å²) in [6.07, 6.45) is 6.10. The van der Waals surface area contributed by atoms with Crippen molar-refractivity contribution >= 4 is 5.78 Å². The first-order valence-electron chi connectivity index (χ1n) is 14.0. The van der Waals surface area contributed by atoms with Crippen LogP contribution >= 0.6 is 0 Å². The van der Waals surface area contributed by atoms with Crippen molar-refractivity contribution in [3.8, 4) is 0 Å². The number of aliphatic hydroxyl groups is 3. The van der Waals surface area contributed by atoms with Gasteiger partial charge in [0.1, 0.15) is 0 Å². The zero-order valence-electron chi connectivity index (χ0n) is 23.4. The zero-order valence-corrected chi connectivity index (χ0v) is 23.4. The Morgan fingerprint density at radius 2 is 1.51 bits per heavy atom. The van der Waals surface area contributed by atoms with Crippen LogP contribution in [0.1, 0.15) is 113 Å². The Balaban J connectivity index is 1.65. The van der Waals surface area contributed by atoms with Crippen LogP contribution in [0.4, 0.5) is 0 Å². The normalized spacial score (nSPS) is 47.6. The number of carbonyl (C=O) groups excluding carboxylic acids is 1. The summed E-state index contributed by atoms with van der Waals surface area (Å²) >= 11 is 0. The highest BCUT2D eigenvalue weighted by molar-refractivity contribution is 5.96. The van der Waals surface area contributed by atoms with Gasteiger partial charge in [-0.15, -0.1) is 0 Å².